The number of likely N-dealkylation sites (N-methyl/N-ethyl adjacent to an activating group) is 1. The van der Waals surface area contributed by atoms with E-state index in [0.717, 1.165) is 23.5 Å². The molecule has 0 unspecified atom stereocenters. The van der Waals surface area contributed by atoms with Gasteiger partial charge in [-0.15, -0.1) is 0 Å². The SMILES string of the molecule is CCOc1cc(-c2ccc(N3CC[C@@H](NC(=O)OC(C)(C)C)[C@H](OCCN(C)C)C3)nc2)c2c(C#N)cnn2c1. The molecule has 11 heteroatoms. The molecule has 0 aromatic carbocycles. The van der Waals surface area contributed by atoms with E-state index in [9.17, 15) is 10.1 Å². The van der Waals surface area contributed by atoms with E-state index in [-0.39, 0.29) is 12.1 Å². The van der Waals surface area contributed by atoms with Gasteiger partial charge in [-0.05, 0) is 66.4 Å². The Morgan fingerprint density at radius 2 is 2.08 bits per heavy atom. The monoisotopic (exact) mass is 549 g/mol. The molecule has 3 aromatic heterocycles. The molecule has 3 aromatic rings. The summed E-state index contributed by atoms with van der Waals surface area (Å²) in [4.78, 5) is 21.5. The molecule has 11 nitrogen and oxygen atoms in total. The largest absolute Gasteiger partial charge is 0.492 e. The Labute approximate surface area is 235 Å². The second kappa shape index (κ2) is 12.5. The molecular weight excluding hydrogens is 510 g/mol. The summed E-state index contributed by atoms with van der Waals surface area (Å²) in [6, 6.07) is 7.94. The lowest BCUT2D eigenvalue weighted by atomic mass is 10.0. The second-order valence-electron chi connectivity index (χ2n) is 11.1. The third-order valence-corrected chi connectivity index (χ3v) is 6.53. The fourth-order valence-electron chi connectivity index (χ4n) is 4.68. The molecule has 0 aliphatic carbocycles. The van der Waals surface area contributed by atoms with Gasteiger partial charge in [0.1, 0.15) is 23.2 Å². The van der Waals surface area contributed by atoms with Crippen LogP contribution in [0.5, 0.6) is 5.75 Å². The van der Waals surface area contributed by atoms with E-state index in [4.69, 9.17) is 19.2 Å². The van der Waals surface area contributed by atoms with Crippen molar-refractivity contribution in [1.29, 1.82) is 5.26 Å². The van der Waals surface area contributed by atoms with Gasteiger partial charge in [0.05, 0.1) is 48.8 Å². The molecule has 1 amide bonds. The van der Waals surface area contributed by atoms with Crippen LogP contribution in [0.25, 0.3) is 16.6 Å². The van der Waals surface area contributed by atoms with E-state index >= 15 is 0 Å². The number of hydrogen-bond acceptors (Lipinski definition) is 9. The van der Waals surface area contributed by atoms with Crippen LogP contribution in [0.15, 0.2) is 36.8 Å². The van der Waals surface area contributed by atoms with Crippen LogP contribution in [0.2, 0.25) is 0 Å². The molecule has 0 saturated carbocycles. The molecular formula is C29H39N7O4. The second-order valence-corrected chi connectivity index (χ2v) is 11.1. The van der Waals surface area contributed by atoms with Gasteiger partial charge in [-0.3, -0.25) is 0 Å². The molecule has 1 fully saturated rings. The molecule has 4 rings (SSSR count). The average Bonchev–Trinajstić information content (AvgIpc) is 3.31. The van der Waals surface area contributed by atoms with Crippen molar-refractivity contribution in [1.82, 2.24) is 24.8 Å². The van der Waals surface area contributed by atoms with Crippen molar-refractivity contribution >= 4 is 17.4 Å². The third-order valence-electron chi connectivity index (χ3n) is 6.53. The first-order valence-corrected chi connectivity index (χ1v) is 13.6. The zero-order valence-electron chi connectivity index (χ0n) is 24.2. The minimum absolute atomic E-state index is 0.173. The number of hydrogen-bond donors (Lipinski definition) is 1. The predicted octanol–water partition coefficient (Wildman–Crippen LogP) is 3.72. The summed E-state index contributed by atoms with van der Waals surface area (Å²) in [7, 11) is 4.00. The number of alkyl carbamates (subject to hydrolysis) is 1. The first kappa shape index (κ1) is 29.1. The Hall–Kier alpha value is -3.88. The van der Waals surface area contributed by atoms with E-state index in [1.54, 1.807) is 16.9 Å². The zero-order valence-corrected chi connectivity index (χ0v) is 24.2. The number of rotatable bonds is 9. The zero-order chi connectivity index (χ0) is 28.9. The number of ether oxygens (including phenoxy) is 3. The van der Waals surface area contributed by atoms with Crippen LogP contribution in [-0.2, 0) is 9.47 Å². The Bertz CT molecular complexity index is 1340. The molecule has 2 atom stereocenters. The van der Waals surface area contributed by atoms with Gasteiger partial charge in [0.25, 0.3) is 0 Å². The fourth-order valence-corrected chi connectivity index (χ4v) is 4.68. The predicted molar refractivity (Wildman–Crippen MR) is 153 cm³/mol. The molecule has 4 heterocycles. The maximum absolute atomic E-state index is 12.5. The Morgan fingerprint density at radius 3 is 2.73 bits per heavy atom. The summed E-state index contributed by atoms with van der Waals surface area (Å²) in [5, 5.41) is 17.0. The van der Waals surface area contributed by atoms with E-state index in [0.29, 0.717) is 49.6 Å². The number of nitriles is 1. The number of anilines is 1. The summed E-state index contributed by atoms with van der Waals surface area (Å²) < 4.78 is 19.1. The van der Waals surface area contributed by atoms with Gasteiger partial charge in [0, 0.05) is 37.0 Å². The number of carbonyl (C=O) groups is 1. The summed E-state index contributed by atoms with van der Waals surface area (Å²) in [6.07, 6.45) is 5.16. The summed E-state index contributed by atoms with van der Waals surface area (Å²) >= 11 is 0. The highest BCUT2D eigenvalue weighted by Crippen LogP contribution is 2.32. The number of aromatic nitrogens is 3. The Kier molecular flexibility index (Phi) is 9.12. The van der Waals surface area contributed by atoms with E-state index in [1.807, 2.05) is 66.2 Å². The van der Waals surface area contributed by atoms with Crippen molar-refractivity contribution in [2.45, 2.75) is 51.9 Å². The molecule has 0 spiro atoms. The Balaban J connectivity index is 1.54. The van der Waals surface area contributed by atoms with Gasteiger partial charge in [-0.2, -0.15) is 10.4 Å². The standard InChI is InChI=1S/C29H39N7O4/c1-7-38-22-14-23(27-21(15-30)17-32-36(27)18-22)20-8-9-26(31-16-20)35-11-10-24(33-28(37)40-29(2,3)4)25(19-35)39-13-12-34(5)6/h8-9,14,16-18,24-25H,7,10-13,19H2,1-6H3,(H,33,37)/t24-,25-/m1/s1. The van der Waals surface area contributed by atoms with Crippen LogP contribution in [0.4, 0.5) is 10.6 Å². The quantitative estimate of drug-likeness (QED) is 0.426. The van der Waals surface area contributed by atoms with Crippen LogP contribution in [0.3, 0.4) is 0 Å². The molecule has 0 bridgehead atoms. The number of amides is 1. The summed E-state index contributed by atoms with van der Waals surface area (Å²) in [6.45, 7) is 10.6. The minimum atomic E-state index is -0.573. The maximum atomic E-state index is 12.5. The molecule has 1 N–H and O–H groups in total. The van der Waals surface area contributed by atoms with Gasteiger partial charge in [-0.25, -0.2) is 14.3 Å². The highest BCUT2D eigenvalue weighted by atomic mass is 16.6. The van der Waals surface area contributed by atoms with Gasteiger partial charge in [0.2, 0.25) is 0 Å². The van der Waals surface area contributed by atoms with Gasteiger partial charge < -0.3 is 29.3 Å². The van der Waals surface area contributed by atoms with E-state index < -0.39 is 11.7 Å². The molecule has 214 valence electrons. The van der Waals surface area contributed by atoms with Gasteiger partial charge in [-0.1, -0.05) is 0 Å². The highest BCUT2D eigenvalue weighted by Gasteiger charge is 2.33. The van der Waals surface area contributed by atoms with E-state index in [2.05, 4.69) is 26.3 Å². The van der Waals surface area contributed by atoms with Crippen LogP contribution in [0, 0.1) is 11.3 Å². The van der Waals surface area contributed by atoms with Crippen molar-refractivity contribution < 1.29 is 19.0 Å². The van der Waals surface area contributed by atoms with Crippen molar-refractivity contribution in [2.75, 3.05) is 51.8 Å². The number of nitrogens with one attached hydrogen (secondary N) is 1. The lowest BCUT2D eigenvalue weighted by Crippen LogP contribution is -2.56. The van der Waals surface area contributed by atoms with Crippen molar-refractivity contribution in [3.8, 4) is 22.9 Å². The Morgan fingerprint density at radius 1 is 1.27 bits per heavy atom. The lowest BCUT2D eigenvalue weighted by molar-refractivity contribution is 0.00494. The number of carbonyl (C=O) groups excluding carboxylic acids is 1. The first-order valence-electron chi connectivity index (χ1n) is 13.6. The molecule has 40 heavy (non-hydrogen) atoms. The van der Waals surface area contributed by atoms with Crippen molar-refractivity contribution in [3.05, 3.63) is 42.4 Å². The topological polar surface area (TPSA) is 117 Å². The molecule has 1 saturated heterocycles. The van der Waals surface area contributed by atoms with E-state index in [1.165, 1.54) is 0 Å². The van der Waals surface area contributed by atoms with Crippen molar-refractivity contribution in [2.24, 2.45) is 0 Å². The van der Waals surface area contributed by atoms with Gasteiger partial charge >= 0.3 is 6.09 Å². The lowest BCUT2D eigenvalue weighted by Gasteiger charge is -2.39. The highest BCUT2D eigenvalue weighted by molar-refractivity contribution is 5.85. The summed E-state index contributed by atoms with van der Waals surface area (Å²) in [5.41, 5.74) is 2.30. The van der Waals surface area contributed by atoms with Gasteiger partial charge in [0.15, 0.2) is 0 Å². The number of pyridine rings is 2. The normalized spacial score (nSPS) is 17.6. The minimum Gasteiger partial charge on any atom is -0.492 e. The molecule has 1 aliphatic rings. The number of fused-ring (bicyclic) bond motifs is 1. The summed E-state index contributed by atoms with van der Waals surface area (Å²) in [5.74, 6) is 1.48. The molecule has 0 radical (unpaired) electrons. The van der Waals surface area contributed by atoms with Crippen LogP contribution < -0.4 is 15.0 Å². The third kappa shape index (κ3) is 7.20. The van der Waals surface area contributed by atoms with Crippen molar-refractivity contribution in [3.63, 3.8) is 0 Å². The molecule has 1 aliphatic heterocycles. The fraction of sp³-hybridized carbons (Fsp3) is 0.517. The number of piperidine rings is 1. The average molecular weight is 550 g/mol. The van der Waals surface area contributed by atoms with Crippen LogP contribution in [-0.4, -0.2) is 90.3 Å². The van der Waals surface area contributed by atoms with Crippen LogP contribution in [0.1, 0.15) is 39.7 Å². The van der Waals surface area contributed by atoms with Crippen LogP contribution >= 0.6 is 0 Å². The number of nitrogens with zero attached hydrogens (tertiary/aromatic N) is 6. The first-order chi connectivity index (χ1) is 19.1. The maximum Gasteiger partial charge on any atom is 0.407 e. The smallest absolute Gasteiger partial charge is 0.407 e.